The van der Waals surface area contributed by atoms with E-state index in [1.807, 2.05) is 45.7 Å². The van der Waals surface area contributed by atoms with Crippen molar-refractivity contribution in [1.29, 1.82) is 0 Å². The predicted octanol–water partition coefficient (Wildman–Crippen LogP) is 3.66. The molecule has 2 aliphatic rings. The van der Waals surface area contributed by atoms with Crippen LogP contribution in [0, 0.1) is 0 Å². The van der Waals surface area contributed by atoms with E-state index in [0.29, 0.717) is 19.1 Å². The first kappa shape index (κ1) is 28.6. The molecule has 44 heavy (non-hydrogen) atoms. The molecule has 1 fully saturated rings. The Hall–Kier alpha value is -4.19. The second-order valence-corrected chi connectivity index (χ2v) is 11.7. The standard InChI is InChI=1S/C33H39N9O2/c1-23-21-40(14-17-44-23)12-13-42-22-27(20-35-42)24-4-6-25(7-5-24)33-31-29(38-39(33)2)9-8-26-19-34-30(36-32(26)31)18-28-10-11-41(37-28)15-16-43-3/h4-7,10-11,19-20,22-23H,8-9,12-18,21H2,1-3H3/t23-/m0/s1. The number of benzene rings is 1. The van der Waals surface area contributed by atoms with Crippen molar-refractivity contribution in [2.45, 2.75) is 45.4 Å². The molecular formula is C33H39N9O2. The van der Waals surface area contributed by atoms with E-state index in [2.05, 4.69) is 52.5 Å². The minimum atomic E-state index is 0.297. The Bertz CT molecular complexity index is 1740. The van der Waals surface area contributed by atoms with E-state index >= 15 is 0 Å². The first-order valence-corrected chi connectivity index (χ1v) is 15.4. The van der Waals surface area contributed by atoms with Crippen molar-refractivity contribution >= 4 is 0 Å². The van der Waals surface area contributed by atoms with E-state index in [4.69, 9.17) is 24.5 Å². The molecule has 1 aliphatic carbocycles. The molecule has 0 N–H and O–H groups in total. The Kier molecular flexibility index (Phi) is 8.07. The predicted molar refractivity (Wildman–Crippen MR) is 167 cm³/mol. The van der Waals surface area contributed by atoms with Gasteiger partial charge in [0.25, 0.3) is 0 Å². The van der Waals surface area contributed by atoms with Gasteiger partial charge in [0.05, 0.1) is 67.8 Å². The summed E-state index contributed by atoms with van der Waals surface area (Å²) in [5, 5.41) is 14.2. The zero-order chi connectivity index (χ0) is 30.0. The molecule has 0 unspecified atom stereocenters. The molecule has 228 valence electrons. The average molecular weight is 594 g/mol. The van der Waals surface area contributed by atoms with E-state index in [-0.39, 0.29) is 0 Å². The number of nitrogens with zero attached hydrogens (tertiary/aromatic N) is 9. The fourth-order valence-corrected chi connectivity index (χ4v) is 6.28. The number of morpholine rings is 1. The van der Waals surface area contributed by atoms with Gasteiger partial charge in [-0.25, -0.2) is 9.97 Å². The number of aryl methyl sites for hydroxylation is 3. The van der Waals surface area contributed by atoms with Crippen LogP contribution in [0.25, 0.3) is 33.6 Å². The smallest absolute Gasteiger partial charge is 0.134 e. The molecule has 0 radical (unpaired) electrons. The maximum Gasteiger partial charge on any atom is 0.134 e. The van der Waals surface area contributed by atoms with Crippen LogP contribution in [0.3, 0.4) is 0 Å². The van der Waals surface area contributed by atoms with Gasteiger partial charge in [-0.05, 0) is 37.0 Å². The molecule has 1 saturated heterocycles. The number of hydrogen-bond acceptors (Lipinski definition) is 8. The van der Waals surface area contributed by atoms with Gasteiger partial charge in [-0.3, -0.25) is 18.9 Å². The Morgan fingerprint density at radius 3 is 2.66 bits per heavy atom. The van der Waals surface area contributed by atoms with E-state index in [0.717, 1.165) is 109 Å². The molecule has 0 saturated carbocycles. The Morgan fingerprint density at radius 1 is 0.955 bits per heavy atom. The van der Waals surface area contributed by atoms with Gasteiger partial charge in [0.1, 0.15) is 5.82 Å². The van der Waals surface area contributed by atoms with Gasteiger partial charge in [-0.2, -0.15) is 15.3 Å². The zero-order valence-corrected chi connectivity index (χ0v) is 25.7. The fraction of sp³-hybridized carbons (Fsp3) is 0.424. The Labute approximate surface area is 257 Å². The summed E-state index contributed by atoms with van der Waals surface area (Å²) >= 11 is 0. The van der Waals surface area contributed by atoms with E-state index < -0.39 is 0 Å². The van der Waals surface area contributed by atoms with Crippen molar-refractivity contribution in [1.82, 2.24) is 44.2 Å². The number of ether oxygens (including phenoxy) is 2. The van der Waals surface area contributed by atoms with Gasteiger partial charge in [-0.1, -0.05) is 24.3 Å². The van der Waals surface area contributed by atoms with Crippen LogP contribution in [0.2, 0.25) is 0 Å². The van der Waals surface area contributed by atoms with Gasteiger partial charge >= 0.3 is 0 Å². The monoisotopic (exact) mass is 593 g/mol. The lowest BCUT2D eigenvalue weighted by Gasteiger charge is -2.30. The van der Waals surface area contributed by atoms with Crippen molar-refractivity contribution in [3.05, 3.63) is 77.9 Å². The second kappa shape index (κ2) is 12.4. The lowest BCUT2D eigenvalue weighted by Crippen LogP contribution is -2.42. The molecule has 11 heteroatoms. The summed E-state index contributed by atoms with van der Waals surface area (Å²) in [7, 11) is 3.72. The fourth-order valence-electron chi connectivity index (χ4n) is 6.28. The van der Waals surface area contributed by atoms with E-state index in [1.54, 1.807) is 7.11 Å². The van der Waals surface area contributed by atoms with Crippen LogP contribution in [0.15, 0.2) is 55.1 Å². The molecule has 4 aromatic heterocycles. The number of hydrogen-bond donors (Lipinski definition) is 0. The summed E-state index contributed by atoms with van der Waals surface area (Å²) in [6.07, 6.45) is 10.7. The summed E-state index contributed by atoms with van der Waals surface area (Å²) in [4.78, 5) is 12.2. The number of fused-ring (bicyclic) bond motifs is 3. The summed E-state index contributed by atoms with van der Waals surface area (Å²) in [6.45, 7) is 8.09. The van der Waals surface area contributed by atoms with Crippen LogP contribution >= 0.6 is 0 Å². The number of aromatic nitrogens is 8. The second-order valence-electron chi connectivity index (χ2n) is 11.7. The third-order valence-corrected chi connectivity index (χ3v) is 8.56. The Balaban J connectivity index is 1.10. The van der Waals surface area contributed by atoms with Gasteiger partial charge in [0, 0.05) is 69.1 Å². The van der Waals surface area contributed by atoms with Crippen molar-refractivity contribution in [2.75, 3.05) is 40.0 Å². The number of methoxy groups -OCH3 is 1. The van der Waals surface area contributed by atoms with Crippen LogP contribution in [-0.2, 0) is 48.9 Å². The highest BCUT2D eigenvalue weighted by molar-refractivity contribution is 5.84. The van der Waals surface area contributed by atoms with Crippen molar-refractivity contribution in [3.63, 3.8) is 0 Å². The highest BCUT2D eigenvalue weighted by atomic mass is 16.5. The Morgan fingerprint density at radius 2 is 1.82 bits per heavy atom. The van der Waals surface area contributed by atoms with Crippen molar-refractivity contribution in [2.24, 2.45) is 7.05 Å². The molecule has 1 atom stereocenters. The van der Waals surface area contributed by atoms with Gasteiger partial charge in [-0.15, -0.1) is 0 Å². The molecule has 0 spiro atoms. The molecule has 0 amide bonds. The minimum absolute atomic E-state index is 0.297. The van der Waals surface area contributed by atoms with Crippen LogP contribution in [0.4, 0.5) is 0 Å². The minimum Gasteiger partial charge on any atom is -0.383 e. The van der Waals surface area contributed by atoms with Crippen LogP contribution in [0.5, 0.6) is 0 Å². The van der Waals surface area contributed by atoms with E-state index in [9.17, 15) is 0 Å². The third kappa shape index (κ3) is 5.95. The van der Waals surface area contributed by atoms with Gasteiger partial charge in [0.2, 0.25) is 0 Å². The van der Waals surface area contributed by atoms with Gasteiger partial charge in [0.15, 0.2) is 0 Å². The average Bonchev–Trinajstić information content (AvgIpc) is 3.78. The van der Waals surface area contributed by atoms with Crippen molar-refractivity contribution < 1.29 is 9.47 Å². The lowest BCUT2D eigenvalue weighted by molar-refractivity contribution is -0.0193. The summed E-state index contributed by atoms with van der Waals surface area (Å²) in [5.74, 6) is 0.763. The maximum atomic E-state index is 5.67. The molecule has 5 aromatic rings. The number of rotatable bonds is 10. The highest BCUT2D eigenvalue weighted by Gasteiger charge is 2.27. The molecule has 5 heterocycles. The molecule has 11 nitrogen and oxygen atoms in total. The van der Waals surface area contributed by atoms with Crippen LogP contribution < -0.4 is 0 Å². The van der Waals surface area contributed by atoms with Gasteiger partial charge < -0.3 is 9.47 Å². The van der Waals surface area contributed by atoms with Crippen LogP contribution in [0.1, 0.15) is 29.7 Å². The molecule has 7 rings (SSSR count). The quantitative estimate of drug-likeness (QED) is 0.242. The van der Waals surface area contributed by atoms with Crippen molar-refractivity contribution in [3.8, 4) is 33.6 Å². The SMILES string of the molecule is COCCn1ccc(Cc2ncc3c(n2)-c2c(nn(C)c2-c2ccc(-c4cnn(CCN5CCO[C@@H](C)C5)c4)cc2)CC3)n1. The maximum absolute atomic E-state index is 5.67. The molecular weight excluding hydrogens is 554 g/mol. The lowest BCUT2D eigenvalue weighted by atomic mass is 9.91. The topological polar surface area (TPSA) is 101 Å². The molecule has 1 aliphatic heterocycles. The summed E-state index contributed by atoms with van der Waals surface area (Å²) in [6, 6.07) is 10.7. The summed E-state index contributed by atoms with van der Waals surface area (Å²) in [5.41, 5.74) is 9.75. The third-order valence-electron chi connectivity index (χ3n) is 8.56. The zero-order valence-electron chi connectivity index (χ0n) is 25.7. The summed E-state index contributed by atoms with van der Waals surface area (Å²) < 4.78 is 16.8. The van der Waals surface area contributed by atoms with Crippen LogP contribution in [-0.4, -0.2) is 90.3 Å². The largest absolute Gasteiger partial charge is 0.383 e. The first-order chi connectivity index (χ1) is 21.5. The normalized spacial score (nSPS) is 16.7. The first-order valence-electron chi connectivity index (χ1n) is 15.4. The highest BCUT2D eigenvalue weighted by Crippen LogP contribution is 2.39. The van der Waals surface area contributed by atoms with E-state index in [1.165, 1.54) is 0 Å². The molecule has 1 aromatic carbocycles. The molecule has 0 bridgehead atoms.